The van der Waals surface area contributed by atoms with Gasteiger partial charge < -0.3 is 10.0 Å². The zero-order valence-corrected chi connectivity index (χ0v) is 11.0. The van der Waals surface area contributed by atoms with Gasteiger partial charge in [0.15, 0.2) is 0 Å². The van der Waals surface area contributed by atoms with E-state index in [4.69, 9.17) is 0 Å². The Morgan fingerprint density at radius 1 is 1.50 bits per heavy atom. The molecule has 0 bridgehead atoms. The van der Waals surface area contributed by atoms with E-state index in [1.54, 1.807) is 6.07 Å². The summed E-state index contributed by atoms with van der Waals surface area (Å²) in [6.45, 7) is 2.84. The lowest BCUT2D eigenvalue weighted by Gasteiger charge is -2.37. The number of aromatic nitrogens is 1. The van der Waals surface area contributed by atoms with Gasteiger partial charge in [0.05, 0.1) is 18.0 Å². The summed E-state index contributed by atoms with van der Waals surface area (Å²) in [6, 6.07) is 3.56. The van der Waals surface area contributed by atoms with Gasteiger partial charge in [0, 0.05) is 18.5 Å². The minimum Gasteiger partial charge on any atom is -0.386 e. The number of aliphatic hydroxyl groups is 1. The van der Waals surface area contributed by atoms with Gasteiger partial charge in [-0.2, -0.15) is 0 Å². The lowest BCUT2D eigenvalue weighted by molar-refractivity contribution is 0.0651. The van der Waals surface area contributed by atoms with Crippen molar-refractivity contribution in [1.82, 2.24) is 9.88 Å². The molecule has 1 aromatic heterocycles. The van der Waals surface area contributed by atoms with Crippen LogP contribution in [0, 0.1) is 11.7 Å². The molecule has 1 fully saturated rings. The highest BCUT2D eigenvalue weighted by Gasteiger charge is 2.26. The normalized spacial score (nSPS) is 19.6. The van der Waals surface area contributed by atoms with Gasteiger partial charge in [0.1, 0.15) is 5.82 Å². The number of hydrogen-bond acceptors (Lipinski definition) is 3. The number of nitrogens with zero attached hydrogens (tertiary/aromatic N) is 2. The molecule has 0 radical (unpaired) electrons. The van der Waals surface area contributed by atoms with Gasteiger partial charge in [0.25, 0.3) is 0 Å². The molecule has 0 amide bonds. The summed E-state index contributed by atoms with van der Waals surface area (Å²) in [7, 11) is 2.10. The summed E-state index contributed by atoms with van der Waals surface area (Å²) in [5.41, 5.74) is 0.547. The summed E-state index contributed by atoms with van der Waals surface area (Å²) in [4.78, 5) is 6.25. The van der Waals surface area contributed by atoms with Crippen LogP contribution in [0.4, 0.5) is 4.39 Å². The van der Waals surface area contributed by atoms with Crippen molar-refractivity contribution < 1.29 is 9.50 Å². The molecule has 0 spiro atoms. The fourth-order valence-corrected chi connectivity index (χ4v) is 2.38. The fourth-order valence-electron chi connectivity index (χ4n) is 2.38. The third-order valence-corrected chi connectivity index (χ3v) is 3.87. The molecular weight excluding hydrogens is 231 g/mol. The topological polar surface area (TPSA) is 36.4 Å². The number of rotatable bonds is 5. The lowest BCUT2D eigenvalue weighted by atomic mass is 9.90. The number of halogens is 1. The first-order chi connectivity index (χ1) is 8.58. The monoisotopic (exact) mass is 252 g/mol. The van der Waals surface area contributed by atoms with Crippen LogP contribution in [0.15, 0.2) is 18.3 Å². The largest absolute Gasteiger partial charge is 0.386 e. The molecule has 1 N–H and O–H groups in total. The minimum absolute atomic E-state index is 0.0913. The third kappa shape index (κ3) is 3.06. The predicted molar refractivity (Wildman–Crippen MR) is 68.6 cm³/mol. The fraction of sp³-hybridized carbons (Fsp3) is 0.643. The van der Waals surface area contributed by atoms with E-state index in [1.807, 2.05) is 6.92 Å². The molecule has 0 aromatic carbocycles. The van der Waals surface area contributed by atoms with Gasteiger partial charge in [-0.25, -0.2) is 4.39 Å². The van der Waals surface area contributed by atoms with Gasteiger partial charge >= 0.3 is 0 Å². The van der Waals surface area contributed by atoms with Crippen LogP contribution >= 0.6 is 0 Å². The van der Waals surface area contributed by atoms with Crippen LogP contribution in [0.1, 0.15) is 38.0 Å². The van der Waals surface area contributed by atoms with Crippen LogP contribution in [0.3, 0.4) is 0 Å². The molecule has 1 heterocycles. The summed E-state index contributed by atoms with van der Waals surface area (Å²) >= 11 is 0. The quantitative estimate of drug-likeness (QED) is 0.874. The Morgan fingerprint density at radius 3 is 2.72 bits per heavy atom. The maximum absolute atomic E-state index is 12.8. The van der Waals surface area contributed by atoms with Crippen molar-refractivity contribution in [3.63, 3.8) is 0 Å². The van der Waals surface area contributed by atoms with E-state index in [9.17, 15) is 9.50 Å². The van der Waals surface area contributed by atoms with Crippen molar-refractivity contribution in [3.8, 4) is 0 Å². The first-order valence-electron chi connectivity index (χ1n) is 6.57. The van der Waals surface area contributed by atoms with Crippen molar-refractivity contribution >= 4 is 0 Å². The Kier molecular flexibility index (Phi) is 4.30. The third-order valence-electron chi connectivity index (χ3n) is 3.87. The van der Waals surface area contributed by atoms with Crippen molar-refractivity contribution in [2.24, 2.45) is 5.92 Å². The Balaban J connectivity index is 1.91. The van der Waals surface area contributed by atoms with E-state index in [1.165, 1.54) is 25.3 Å². The van der Waals surface area contributed by atoms with Crippen LogP contribution in [-0.2, 0) is 0 Å². The highest BCUT2D eigenvalue weighted by molar-refractivity contribution is 5.09. The Bertz CT molecular complexity index is 378. The zero-order chi connectivity index (χ0) is 13.1. The maximum Gasteiger partial charge on any atom is 0.141 e. The lowest BCUT2D eigenvalue weighted by Crippen LogP contribution is -2.40. The molecule has 2 atom stereocenters. The molecule has 100 valence electrons. The Morgan fingerprint density at radius 2 is 2.22 bits per heavy atom. The zero-order valence-electron chi connectivity index (χ0n) is 11.0. The molecule has 4 heteroatoms. The van der Waals surface area contributed by atoms with E-state index in [0.717, 1.165) is 12.7 Å². The van der Waals surface area contributed by atoms with E-state index in [2.05, 4.69) is 16.9 Å². The van der Waals surface area contributed by atoms with Gasteiger partial charge in [0.2, 0.25) is 0 Å². The number of aliphatic hydroxyl groups excluding tert-OH is 1. The molecule has 0 aliphatic heterocycles. The molecular formula is C14H21FN2O. The molecule has 1 saturated carbocycles. The standard InChI is InChI=1S/C14H21FN2O/c1-10(9-17(2)12-4-3-5-12)14(18)13-7-6-11(15)8-16-13/h6-8,10,12,14,18H,3-5,9H2,1-2H3. The van der Waals surface area contributed by atoms with E-state index in [0.29, 0.717) is 11.7 Å². The first kappa shape index (κ1) is 13.4. The smallest absolute Gasteiger partial charge is 0.141 e. The van der Waals surface area contributed by atoms with Crippen molar-refractivity contribution in [2.75, 3.05) is 13.6 Å². The van der Waals surface area contributed by atoms with E-state index in [-0.39, 0.29) is 11.7 Å². The van der Waals surface area contributed by atoms with E-state index >= 15 is 0 Å². The molecule has 2 unspecified atom stereocenters. The summed E-state index contributed by atoms with van der Waals surface area (Å²) in [6.07, 6.45) is 4.35. The highest BCUT2D eigenvalue weighted by Crippen LogP contribution is 2.27. The molecule has 1 aliphatic carbocycles. The maximum atomic E-state index is 12.8. The molecule has 3 nitrogen and oxygen atoms in total. The van der Waals surface area contributed by atoms with Crippen LogP contribution in [0.5, 0.6) is 0 Å². The SMILES string of the molecule is CC(CN(C)C1CCC1)C(O)c1ccc(F)cn1. The molecule has 2 rings (SSSR count). The van der Waals surface area contributed by atoms with Crippen molar-refractivity contribution in [2.45, 2.75) is 38.3 Å². The second-order valence-corrected chi connectivity index (χ2v) is 5.35. The Hall–Kier alpha value is -1.00. The van der Waals surface area contributed by atoms with Crippen molar-refractivity contribution in [1.29, 1.82) is 0 Å². The average Bonchev–Trinajstić information content (AvgIpc) is 2.26. The first-order valence-corrected chi connectivity index (χ1v) is 6.57. The van der Waals surface area contributed by atoms with Crippen LogP contribution in [0.2, 0.25) is 0 Å². The highest BCUT2D eigenvalue weighted by atomic mass is 19.1. The van der Waals surface area contributed by atoms with Gasteiger partial charge in [-0.05, 0) is 32.0 Å². The molecule has 0 saturated heterocycles. The van der Waals surface area contributed by atoms with Gasteiger partial charge in [-0.1, -0.05) is 13.3 Å². The number of pyridine rings is 1. The predicted octanol–water partition coefficient (Wildman–Crippen LogP) is 2.37. The molecule has 1 aromatic rings. The summed E-state index contributed by atoms with van der Waals surface area (Å²) in [5.74, 6) is -0.279. The summed E-state index contributed by atoms with van der Waals surface area (Å²) in [5, 5.41) is 10.2. The van der Waals surface area contributed by atoms with Crippen molar-refractivity contribution in [3.05, 3.63) is 29.8 Å². The van der Waals surface area contributed by atoms with E-state index < -0.39 is 6.10 Å². The minimum atomic E-state index is -0.631. The summed E-state index contributed by atoms with van der Waals surface area (Å²) < 4.78 is 12.8. The van der Waals surface area contributed by atoms with Gasteiger partial charge in [-0.15, -0.1) is 0 Å². The number of hydrogen-bond donors (Lipinski definition) is 1. The van der Waals surface area contributed by atoms with Crippen LogP contribution in [-0.4, -0.2) is 34.6 Å². The second-order valence-electron chi connectivity index (χ2n) is 5.35. The molecule has 18 heavy (non-hydrogen) atoms. The molecule has 1 aliphatic rings. The van der Waals surface area contributed by atoms with Crippen LogP contribution in [0.25, 0.3) is 0 Å². The van der Waals surface area contributed by atoms with Gasteiger partial charge in [-0.3, -0.25) is 4.98 Å². The second kappa shape index (κ2) is 5.76. The Labute approximate surface area is 108 Å². The average molecular weight is 252 g/mol. The van der Waals surface area contributed by atoms with Crippen LogP contribution < -0.4 is 0 Å².